The first-order chi connectivity index (χ1) is 9.86. The summed E-state index contributed by atoms with van der Waals surface area (Å²) in [5.41, 5.74) is 5.57. The molecule has 1 aliphatic carbocycles. The van der Waals surface area contributed by atoms with Crippen molar-refractivity contribution in [3.8, 4) is 0 Å². The summed E-state index contributed by atoms with van der Waals surface area (Å²) >= 11 is 0. The molecule has 2 fully saturated rings. The van der Waals surface area contributed by atoms with Crippen molar-refractivity contribution < 1.29 is 18.4 Å². The van der Waals surface area contributed by atoms with Crippen LogP contribution in [0, 0.1) is 11.3 Å². The van der Waals surface area contributed by atoms with Crippen LogP contribution in [0.2, 0.25) is 0 Å². The van der Waals surface area contributed by atoms with Gasteiger partial charge in [-0.3, -0.25) is 0 Å². The van der Waals surface area contributed by atoms with E-state index in [9.17, 15) is 13.2 Å². The molecule has 0 aromatic carbocycles. The summed E-state index contributed by atoms with van der Waals surface area (Å²) in [7, 11) is 0. The van der Waals surface area contributed by atoms with Gasteiger partial charge in [-0.1, -0.05) is 24.4 Å². The van der Waals surface area contributed by atoms with Gasteiger partial charge in [0.05, 0.1) is 0 Å². The Morgan fingerprint density at radius 1 is 1.14 bits per heavy atom. The molecule has 0 aromatic heterocycles. The molecule has 7 heteroatoms. The van der Waals surface area contributed by atoms with Gasteiger partial charge in [-0.15, -0.1) is 0 Å². The van der Waals surface area contributed by atoms with E-state index in [0.717, 1.165) is 12.8 Å². The Balaban J connectivity index is 1.92. The van der Waals surface area contributed by atoms with Crippen LogP contribution < -0.4 is 5.73 Å². The molecule has 3 N–H and O–H groups in total. The van der Waals surface area contributed by atoms with Crippen LogP contribution in [0.5, 0.6) is 0 Å². The molecule has 1 saturated carbocycles. The van der Waals surface area contributed by atoms with Crippen LogP contribution in [-0.4, -0.2) is 41.8 Å². The van der Waals surface area contributed by atoms with Gasteiger partial charge in [0.15, 0.2) is 5.84 Å². The molecule has 1 aliphatic heterocycles. The van der Waals surface area contributed by atoms with Crippen LogP contribution in [0.1, 0.15) is 44.9 Å². The van der Waals surface area contributed by atoms with E-state index >= 15 is 0 Å². The third kappa shape index (κ3) is 4.02. The lowest BCUT2D eigenvalue weighted by molar-refractivity contribution is -0.161. The third-order valence-corrected chi connectivity index (χ3v) is 5.14. The van der Waals surface area contributed by atoms with Crippen LogP contribution in [-0.2, 0) is 0 Å². The smallest absolute Gasteiger partial charge is 0.400 e. The Morgan fingerprint density at radius 3 is 2.19 bits per heavy atom. The molecule has 2 rings (SSSR count). The predicted molar refractivity (Wildman–Crippen MR) is 74.1 cm³/mol. The Hall–Kier alpha value is -0.980. The molecule has 1 heterocycles. The molecule has 122 valence electrons. The van der Waals surface area contributed by atoms with Crippen LogP contribution >= 0.6 is 0 Å². The number of nitrogens with zero attached hydrogens (tertiary/aromatic N) is 2. The first kappa shape index (κ1) is 16.4. The number of amidine groups is 1. The van der Waals surface area contributed by atoms with Crippen molar-refractivity contribution in [3.05, 3.63) is 0 Å². The summed E-state index contributed by atoms with van der Waals surface area (Å²) in [5, 5.41) is 11.1. The fourth-order valence-electron chi connectivity index (χ4n) is 3.70. The maximum atomic E-state index is 13.0. The minimum Gasteiger partial charge on any atom is -0.409 e. The fraction of sp³-hybridized carbons (Fsp3) is 0.929. The monoisotopic (exact) mass is 307 g/mol. The van der Waals surface area contributed by atoms with Gasteiger partial charge in [0, 0.05) is 6.54 Å². The summed E-state index contributed by atoms with van der Waals surface area (Å²) < 4.78 is 38.9. The van der Waals surface area contributed by atoms with Crippen LogP contribution in [0.25, 0.3) is 0 Å². The molecular weight excluding hydrogens is 283 g/mol. The Bertz CT molecular complexity index is 368. The zero-order chi connectivity index (χ0) is 15.5. The van der Waals surface area contributed by atoms with Crippen molar-refractivity contribution in [2.24, 2.45) is 22.2 Å². The van der Waals surface area contributed by atoms with E-state index < -0.39 is 17.9 Å². The number of piperidine rings is 1. The molecule has 1 atom stereocenters. The molecule has 21 heavy (non-hydrogen) atoms. The molecule has 0 amide bonds. The third-order valence-electron chi connectivity index (χ3n) is 5.14. The summed E-state index contributed by atoms with van der Waals surface area (Å²) in [5.74, 6) is -2.64. The van der Waals surface area contributed by atoms with Crippen molar-refractivity contribution in [3.63, 3.8) is 0 Å². The highest BCUT2D eigenvalue weighted by Gasteiger charge is 2.45. The molecule has 0 radical (unpaired) electrons. The van der Waals surface area contributed by atoms with E-state index in [-0.39, 0.29) is 6.54 Å². The highest BCUT2D eigenvalue weighted by atomic mass is 19.4. The Morgan fingerprint density at radius 2 is 1.71 bits per heavy atom. The van der Waals surface area contributed by atoms with E-state index in [2.05, 4.69) is 5.16 Å². The summed E-state index contributed by atoms with van der Waals surface area (Å²) in [6, 6.07) is 0. The van der Waals surface area contributed by atoms with Gasteiger partial charge in [-0.2, -0.15) is 13.2 Å². The highest BCUT2D eigenvalue weighted by Crippen LogP contribution is 2.44. The molecule has 1 unspecified atom stereocenters. The number of nitrogens with two attached hydrogens (primary N) is 1. The molecule has 1 saturated heterocycles. The van der Waals surface area contributed by atoms with Gasteiger partial charge in [-0.25, -0.2) is 0 Å². The second kappa shape index (κ2) is 6.42. The van der Waals surface area contributed by atoms with Crippen LogP contribution in [0.3, 0.4) is 0 Å². The largest absolute Gasteiger partial charge is 0.409 e. The molecular formula is C14H24F3N3O. The minimum absolute atomic E-state index is 0.213. The summed E-state index contributed by atoms with van der Waals surface area (Å²) in [6.07, 6.45) is 3.65. The van der Waals surface area contributed by atoms with E-state index in [4.69, 9.17) is 10.9 Å². The number of likely N-dealkylation sites (tertiary alicyclic amines) is 1. The van der Waals surface area contributed by atoms with Crippen LogP contribution in [0.4, 0.5) is 13.2 Å². The highest BCUT2D eigenvalue weighted by molar-refractivity contribution is 5.83. The number of rotatable bonds is 3. The van der Waals surface area contributed by atoms with Gasteiger partial charge in [-0.05, 0) is 44.2 Å². The lowest BCUT2D eigenvalue weighted by Crippen LogP contribution is -2.48. The second-order valence-electron chi connectivity index (χ2n) is 6.48. The average Bonchev–Trinajstić information content (AvgIpc) is 2.46. The van der Waals surface area contributed by atoms with Gasteiger partial charge in [0.25, 0.3) is 0 Å². The first-order valence-electron chi connectivity index (χ1n) is 7.63. The molecule has 2 aliphatic rings. The molecule has 0 bridgehead atoms. The quantitative estimate of drug-likeness (QED) is 0.365. The summed E-state index contributed by atoms with van der Waals surface area (Å²) in [6.45, 7) is 1.13. The lowest BCUT2D eigenvalue weighted by Gasteiger charge is -2.45. The van der Waals surface area contributed by atoms with Gasteiger partial charge in [0.1, 0.15) is 5.92 Å². The number of hydrogen-bond donors (Lipinski definition) is 2. The second-order valence-corrected chi connectivity index (χ2v) is 6.48. The predicted octanol–water partition coefficient (Wildman–Crippen LogP) is 2.96. The average molecular weight is 307 g/mol. The van der Waals surface area contributed by atoms with E-state index in [0.29, 0.717) is 18.5 Å². The van der Waals surface area contributed by atoms with Crippen molar-refractivity contribution in [2.45, 2.75) is 51.1 Å². The van der Waals surface area contributed by atoms with Crippen molar-refractivity contribution in [2.75, 3.05) is 19.6 Å². The fourth-order valence-corrected chi connectivity index (χ4v) is 3.70. The van der Waals surface area contributed by atoms with E-state index in [1.54, 1.807) is 4.90 Å². The topological polar surface area (TPSA) is 61.9 Å². The number of hydrogen-bond acceptors (Lipinski definition) is 3. The minimum atomic E-state index is -4.48. The zero-order valence-corrected chi connectivity index (χ0v) is 12.2. The van der Waals surface area contributed by atoms with Crippen molar-refractivity contribution in [1.82, 2.24) is 4.90 Å². The Kier molecular flexibility index (Phi) is 5.01. The van der Waals surface area contributed by atoms with Gasteiger partial charge < -0.3 is 15.8 Å². The summed E-state index contributed by atoms with van der Waals surface area (Å²) in [4.78, 5) is 1.80. The number of halogens is 3. The van der Waals surface area contributed by atoms with E-state index in [1.165, 1.54) is 32.1 Å². The molecule has 0 aromatic rings. The number of alkyl halides is 3. The maximum absolute atomic E-state index is 13.0. The molecule has 4 nitrogen and oxygen atoms in total. The van der Waals surface area contributed by atoms with E-state index in [1.807, 2.05) is 0 Å². The van der Waals surface area contributed by atoms with Gasteiger partial charge >= 0.3 is 6.18 Å². The SMILES string of the molecule is NC(=NO)C(CN1CCC2(CCCCC2)CC1)C(F)(F)F. The van der Waals surface area contributed by atoms with Crippen molar-refractivity contribution >= 4 is 5.84 Å². The maximum Gasteiger partial charge on any atom is 0.400 e. The standard InChI is InChI=1S/C14H24F3N3O/c15-14(16,17)11(12(18)19-21)10-20-8-6-13(7-9-20)4-2-1-3-5-13/h11,21H,1-10H2,(H2,18,19). The Labute approximate surface area is 123 Å². The van der Waals surface area contributed by atoms with Crippen molar-refractivity contribution in [1.29, 1.82) is 0 Å². The number of oxime groups is 1. The zero-order valence-electron chi connectivity index (χ0n) is 12.2. The van der Waals surface area contributed by atoms with Crippen LogP contribution in [0.15, 0.2) is 5.16 Å². The normalized spacial score (nSPS) is 26.0. The van der Waals surface area contributed by atoms with Gasteiger partial charge in [0.2, 0.25) is 0 Å². The lowest BCUT2D eigenvalue weighted by atomic mass is 9.68. The first-order valence-corrected chi connectivity index (χ1v) is 7.63. The molecule has 1 spiro atoms.